The molecule has 2 aromatic heterocycles. The van der Waals surface area contributed by atoms with Gasteiger partial charge in [-0.05, 0) is 23.3 Å². The van der Waals surface area contributed by atoms with Gasteiger partial charge < -0.3 is 0 Å². The molecule has 0 spiro atoms. The first-order chi connectivity index (χ1) is 10.9. The maximum atomic E-state index is 4.57. The van der Waals surface area contributed by atoms with Crippen LogP contribution in [-0.4, -0.2) is 31.6 Å². The second-order valence-corrected chi connectivity index (χ2v) is 5.57. The lowest BCUT2D eigenvalue weighted by Crippen LogP contribution is -2.19. The van der Waals surface area contributed by atoms with Crippen LogP contribution in [0.3, 0.4) is 0 Å². The molecular formula is C17H17N5. The molecule has 110 valence electrons. The molecule has 5 nitrogen and oxygen atoms in total. The molecule has 0 saturated heterocycles. The van der Waals surface area contributed by atoms with Crippen molar-refractivity contribution in [3.8, 4) is 11.4 Å². The van der Waals surface area contributed by atoms with Crippen LogP contribution in [0.2, 0.25) is 0 Å². The molecule has 1 aliphatic rings. The zero-order valence-electron chi connectivity index (χ0n) is 12.2. The summed E-state index contributed by atoms with van der Waals surface area (Å²) in [6, 6.07) is 12.5. The van der Waals surface area contributed by atoms with Crippen molar-refractivity contribution in [1.82, 2.24) is 25.1 Å². The molecule has 0 unspecified atom stereocenters. The van der Waals surface area contributed by atoms with Crippen molar-refractivity contribution in [2.45, 2.75) is 19.5 Å². The van der Waals surface area contributed by atoms with Gasteiger partial charge in [-0.25, -0.2) is 4.98 Å². The lowest BCUT2D eigenvalue weighted by Gasteiger charge is -2.12. The van der Waals surface area contributed by atoms with E-state index >= 15 is 0 Å². The molecule has 3 heterocycles. The van der Waals surface area contributed by atoms with E-state index in [1.165, 1.54) is 11.1 Å². The fourth-order valence-electron chi connectivity index (χ4n) is 2.86. The monoisotopic (exact) mass is 291 g/mol. The van der Waals surface area contributed by atoms with Crippen molar-refractivity contribution in [3.63, 3.8) is 0 Å². The van der Waals surface area contributed by atoms with Gasteiger partial charge in [-0.15, -0.1) is 0 Å². The molecule has 0 bridgehead atoms. The summed E-state index contributed by atoms with van der Waals surface area (Å²) in [7, 11) is 0. The highest BCUT2D eigenvalue weighted by atomic mass is 15.2. The van der Waals surface area contributed by atoms with Crippen LogP contribution in [0.5, 0.6) is 0 Å². The van der Waals surface area contributed by atoms with Crippen molar-refractivity contribution < 1.29 is 0 Å². The number of fused-ring (bicyclic) bond motifs is 1. The minimum atomic E-state index is 0.738. The standard InChI is InChI=1S/C17H17N5/c1-2-4-15-12-22(11-14(15)3-1)10-7-16-19-17(21-20-16)13-5-8-18-9-6-13/h1-6,8-9H,7,10-12H2,(H,19,20,21). The molecule has 0 atom stereocenters. The number of aromatic nitrogens is 4. The number of hydrogen-bond acceptors (Lipinski definition) is 4. The lowest BCUT2D eigenvalue weighted by atomic mass is 10.1. The van der Waals surface area contributed by atoms with Gasteiger partial charge in [-0.1, -0.05) is 24.3 Å². The van der Waals surface area contributed by atoms with E-state index in [0.29, 0.717) is 0 Å². The van der Waals surface area contributed by atoms with Crippen LogP contribution >= 0.6 is 0 Å². The Bertz CT molecular complexity index is 740. The Balaban J connectivity index is 1.39. The summed E-state index contributed by atoms with van der Waals surface area (Å²) in [6.07, 6.45) is 4.39. The van der Waals surface area contributed by atoms with Crippen LogP contribution in [0.4, 0.5) is 0 Å². The highest BCUT2D eigenvalue weighted by Crippen LogP contribution is 2.22. The molecule has 1 aromatic carbocycles. The Kier molecular flexibility index (Phi) is 3.40. The van der Waals surface area contributed by atoms with Crippen molar-refractivity contribution in [1.29, 1.82) is 0 Å². The van der Waals surface area contributed by atoms with Gasteiger partial charge in [0.15, 0.2) is 5.82 Å². The van der Waals surface area contributed by atoms with E-state index in [-0.39, 0.29) is 0 Å². The van der Waals surface area contributed by atoms with Crippen molar-refractivity contribution in [3.05, 3.63) is 65.7 Å². The summed E-state index contributed by atoms with van der Waals surface area (Å²) < 4.78 is 0. The van der Waals surface area contributed by atoms with Gasteiger partial charge >= 0.3 is 0 Å². The third-order valence-electron chi connectivity index (χ3n) is 4.04. The summed E-state index contributed by atoms with van der Waals surface area (Å²) >= 11 is 0. The Morgan fingerprint density at radius 3 is 2.45 bits per heavy atom. The molecule has 0 aliphatic carbocycles. The first-order valence-corrected chi connectivity index (χ1v) is 7.49. The van der Waals surface area contributed by atoms with Crippen molar-refractivity contribution >= 4 is 0 Å². The molecule has 0 saturated carbocycles. The Morgan fingerprint density at radius 2 is 1.73 bits per heavy atom. The van der Waals surface area contributed by atoms with Crippen LogP contribution < -0.4 is 0 Å². The number of aromatic amines is 1. The van der Waals surface area contributed by atoms with Gasteiger partial charge in [-0.2, -0.15) is 5.10 Å². The normalized spacial score (nSPS) is 14.2. The highest BCUT2D eigenvalue weighted by Gasteiger charge is 2.18. The predicted octanol–water partition coefficient (Wildman–Crippen LogP) is 2.42. The smallest absolute Gasteiger partial charge is 0.181 e. The van der Waals surface area contributed by atoms with Gasteiger partial charge in [0.25, 0.3) is 0 Å². The van der Waals surface area contributed by atoms with Crippen LogP contribution in [-0.2, 0) is 19.5 Å². The summed E-state index contributed by atoms with van der Waals surface area (Å²) in [5, 5.41) is 7.33. The van der Waals surface area contributed by atoms with Gasteiger partial charge in [0, 0.05) is 44.0 Å². The van der Waals surface area contributed by atoms with Crippen molar-refractivity contribution in [2.75, 3.05) is 6.54 Å². The SMILES string of the molecule is c1ccc2c(c1)CN(CCc1nc(-c3ccncc3)n[nH]1)C2. The van der Waals surface area contributed by atoms with Gasteiger partial charge in [0.05, 0.1) is 0 Å². The van der Waals surface area contributed by atoms with E-state index in [0.717, 1.165) is 43.3 Å². The number of hydrogen-bond donors (Lipinski definition) is 1. The second kappa shape index (κ2) is 5.69. The zero-order chi connectivity index (χ0) is 14.8. The summed E-state index contributed by atoms with van der Waals surface area (Å²) in [4.78, 5) is 11.0. The number of H-pyrrole nitrogens is 1. The molecule has 0 fully saturated rings. The van der Waals surface area contributed by atoms with E-state index < -0.39 is 0 Å². The molecule has 4 rings (SSSR count). The lowest BCUT2D eigenvalue weighted by molar-refractivity contribution is 0.286. The quantitative estimate of drug-likeness (QED) is 0.802. The van der Waals surface area contributed by atoms with E-state index in [1.54, 1.807) is 12.4 Å². The largest absolute Gasteiger partial charge is 0.294 e. The molecule has 3 aromatic rings. The molecule has 1 N–H and O–H groups in total. The highest BCUT2D eigenvalue weighted by molar-refractivity contribution is 5.52. The third kappa shape index (κ3) is 2.63. The predicted molar refractivity (Wildman–Crippen MR) is 83.9 cm³/mol. The number of nitrogens with zero attached hydrogens (tertiary/aromatic N) is 4. The van der Waals surface area contributed by atoms with Crippen LogP contribution in [0.15, 0.2) is 48.8 Å². The molecule has 22 heavy (non-hydrogen) atoms. The number of benzene rings is 1. The number of pyridine rings is 1. The van der Waals surface area contributed by atoms with E-state index in [9.17, 15) is 0 Å². The topological polar surface area (TPSA) is 57.7 Å². The van der Waals surface area contributed by atoms with E-state index in [1.807, 2.05) is 12.1 Å². The third-order valence-corrected chi connectivity index (χ3v) is 4.04. The average molecular weight is 291 g/mol. The van der Waals surface area contributed by atoms with Gasteiger partial charge in [-0.3, -0.25) is 15.0 Å². The molecule has 5 heteroatoms. The number of rotatable bonds is 4. The minimum Gasteiger partial charge on any atom is -0.294 e. The minimum absolute atomic E-state index is 0.738. The fourth-order valence-corrected chi connectivity index (χ4v) is 2.86. The first-order valence-electron chi connectivity index (χ1n) is 7.49. The maximum absolute atomic E-state index is 4.57. The summed E-state index contributed by atoms with van der Waals surface area (Å²) in [5.74, 6) is 1.67. The molecule has 0 amide bonds. The Labute approximate surface area is 129 Å². The second-order valence-electron chi connectivity index (χ2n) is 5.57. The van der Waals surface area contributed by atoms with Crippen LogP contribution in [0.25, 0.3) is 11.4 Å². The summed E-state index contributed by atoms with van der Waals surface area (Å²) in [6.45, 7) is 3.04. The Hall–Kier alpha value is -2.53. The molecule has 1 aliphatic heterocycles. The summed E-state index contributed by atoms with van der Waals surface area (Å²) in [5.41, 5.74) is 3.88. The van der Waals surface area contributed by atoms with Crippen LogP contribution in [0.1, 0.15) is 17.0 Å². The van der Waals surface area contributed by atoms with Crippen molar-refractivity contribution in [2.24, 2.45) is 0 Å². The zero-order valence-corrected chi connectivity index (χ0v) is 12.2. The van der Waals surface area contributed by atoms with Gasteiger partial charge in [0.1, 0.15) is 5.82 Å². The molecule has 0 radical (unpaired) electrons. The average Bonchev–Trinajstić information content (AvgIpc) is 3.20. The first kappa shape index (κ1) is 13.2. The van der Waals surface area contributed by atoms with Crippen LogP contribution in [0, 0.1) is 0 Å². The Morgan fingerprint density at radius 1 is 1.00 bits per heavy atom. The van der Waals surface area contributed by atoms with E-state index in [2.05, 4.69) is 49.3 Å². The number of nitrogens with one attached hydrogen (secondary N) is 1. The maximum Gasteiger partial charge on any atom is 0.181 e. The fraction of sp³-hybridized carbons (Fsp3) is 0.235. The van der Waals surface area contributed by atoms with Gasteiger partial charge in [0.2, 0.25) is 0 Å². The van der Waals surface area contributed by atoms with E-state index in [4.69, 9.17) is 0 Å². The molecular weight excluding hydrogens is 274 g/mol.